The Morgan fingerprint density at radius 2 is 2.03 bits per heavy atom. The molecule has 1 saturated heterocycles. The number of likely N-dealkylation sites (tertiary alicyclic amines) is 1. The van der Waals surface area contributed by atoms with Crippen LogP contribution < -0.4 is 9.47 Å². The predicted molar refractivity (Wildman–Crippen MR) is 113 cm³/mol. The van der Waals surface area contributed by atoms with Gasteiger partial charge < -0.3 is 14.4 Å². The summed E-state index contributed by atoms with van der Waals surface area (Å²) in [7, 11) is 1.62. The largest absolute Gasteiger partial charge is 0.497 e. The van der Waals surface area contributed by atoms with E-state index in [1.807, 2.05) is 24.3 Å². The predicted octanol–water partition coefficient (Wildman–Crippen LogP) is 3.41. The van der Waals surface area contributed by atoms with Crippen molar-refractivity contribution < 1.29 is 18.7 Å². The fourth-order valence-electron chi connectivity index (χ4n) is 3.73. The summed E-state index contributed by atoms with van der Waals surface area (Å²) in [4.78, 5) is 14.7. The van der Waals surface area contributed by atoms with Crippen LogP contribution in [-0.4, -0.2) is 52.6 Å². The van der Waals surface area contributed by atoms with Gasteiger partial charge in [-0.3, -0.25) is 4.79 Å². The first-order valence-corrected chi connectivity index (χ1v) is 10.3. The van der Waals surface area contributed by atoms with Gasteiger partial charge in [0.15, 0.2) is 5.69 Å². The Balaban J connectivity index is 1.34. The molecule has 0 aliphatic carbocycles. The molecule has 7 nitrogen and oxygen atoms in total. The zero-order valence-electron chi connectivity index (χ0n) is 17.4. The number of piperidine rings is 1. The number of aromatic nitrogens is 3. The second-order valence-electron chi connectivity index (χ2n) is 7.64. The van der Waals surface area contributed by atoms with E-state index in [2.05, 4.69) is 10.3 Å². The summed E-state index contributed by atoms with van der Waals surface area (Å²) in [5, 5.41) is 8.00. The van der Waals surface area contributed by atoms with Gasteiger partial charge in [0.25, 0.3) is 5.91 Å². The summed E-state index contributed by atoms with van der Waals surface area (Å²) in [6.07, 6.45) is 3.47. The molecule has 162 valence electrons. The van der Waals surface area contributed by atoms with E-state index in [1.54, 1.807) is 36.4 Å². The lowest BCUT2D eigenvalue weighted by Crippen LogP contribution is -2.41. The van der Waals surface area contributed by atoms with Gasteiger partial charge >= 0.3 is 0 Å². The zero-order valence-corrected chi connectivity index (χ0v) is 17.4. The van der Waals surface area contributed by atoms with Crippen LogP contribution in [0, 0.1) is 11.7 Å². The van der Waals surface area contributed by atoms with Gasteiger partial charge in [-0.2, -0.15) is 0 Å². The van der Waals surface area contributed by atoms with Crippen LogP contribution >= 0.6 is 0 Å². The van der Waals surface area contributed by atoms with Crippen molar-refractivity contribution in [1.29, 1.82) is 0 Å². The summed E-state index contributed by atoms with van der Waals surface area (Å²) < 4.78 is 26.5. The van der Waals surface area contributed by atoms with Crippen molar-refractivity contribution in [3.05, 3.63) is 71.8 Å². The molecule has 1 atom stereocenters. The molecule has 1 aliphatic rings. The summed E-state index contributed by atoms with van der Waals surface area (Å²) in [5.41, 5.74) is 0.768. The van der Waals surface area contributed by atoms with Crippen LogP contribution in [0.1, 0.15) is 28.9 Å². The van der Waals surface area contributed by atoms with Crippen LogP contribution in [0.2, 0.25) is 0 Å². The topological polar surface area (TPSA) is 69.5 Å². The standard InChI is InChI=1S/C23H25FN4O3/c1-30-19-8-4-9-20(12-19)31-16-17-6-5-11-27(13-17)23(29)22-15-28(26-25-22)14-18-7-2-3-10-21(18)24/h2-4,7-10,12,15,17H,5-6,11,13-14,16H2,1H3/t17-/m0/s1. The van der Waals surface area contributed by atoms with Crippen molar-refractivity contribution in [2.75, 3.05) is 26.8 Å². The molecule has 0 N–H and O–H groups in total. The number of ether oxygens (including phenoxy) is 2. The molecule has 31 heavy (non-hydrogen) atoms. The summed E-state index contributed by atoms with van der Waals surface area (Å²) >= 11 is 0. The smallest absolute Gasteiger partial charge is 0.276 e. The van der Waals surface area contributed by atoms with Crippen molar-refractivity contribution >= 4 is 5.91 Å². The number of hydrogen-bond donors (Lipinski definition) is 0. The van der Waals surface area contributed by atoms with Crippen LogP contribution in [0.4, 0.5) is 4.39 Å². The van der Waals surface area contributed by atoms with Crippen LogP contribution in [0.5, 0.6) is 11.5 Å². The van der Waals surface area contributed by atoms with Crippen molar-refractivity contribution in [2.45, 2.75) is 19.4 Å². The lowest BCUT2D eigenvalue weighted by atomic mass is 9.98. The molecule has 4 rings (SSSR count). The third kappa shape index (κ3) is 5.20. The molecular weight excluding hydrogens is 399 g/mol. The fourth-order valence-corrected chi connectivity index (χ4v) is 3.73. The van der Waals surface area contributed by atoms with Crippen LogP contribution in [-0.2, 0) is 6.54 Å². The van der Waals surface area contributed by atoms with Gasteiger partial charge in [-0.15, -0.1) is 5.10 Å². The Hall–Kier alpha value is -3.42. The minimum atomic E-state index is -0.305. The molecule has 0 saturated carbocycles. The molecule has 1 aromatic heterocycles. The molecule has 0 unspecified atom stereocenters. The molecule has 1 fully saturated rings. The van der Waals surface area contributed by atoms with Gasteiger partial charge in [-0.25, -0.2) is 9.07 Å². The van der Waals surface area contributed by atoms with Crippen molar-refractivity contribution in [3.63, 3.8) is 0 Å². The van der Waals surface area contributed by atoms with Crippen LogP contribution in [0.3, 0.4) is 0 Å². The van der Waals surface area contributed by atoms with Gasteiger partial charge in [-0.1, -0.05) is 29.5 Å². The van der Waals surface area contributed by atoms with Gasteiger partial charge in [0, 0.05) is 30.6 Å². The number of benzene rings is 2. The Kier molecular flexibility index (Phi) is 6.45. The van der Waals surface area contributed by atoms with E-state index in [0.717, 1.165) is 24.3 Å². The maximum absolute atomic E-state index is 13.9. The second-order valence-corrected chi connectivity index (χ2v) is 7.64. The summed E-state index contributed by atoms with van der Waals surface area (Å²) in [5.74, 6) is 1.26. The number of amides is 1. The first-order valence-electron chi connectivity index (χ1n) is 10.3. The summed E-state index contributed by atoms with van der Waals surface area (Å²) in [6.45, 7) is 2.03. The second kappa shape index (κ2) is 9.59. The zero-order chi connectivity index (χ0) is 21.6. The molecular formula is C23H25FN4O3. The molecule has 8 heteroatoms. The molecule has 3 aromatic rings. The van der Waals surface area contributed by atoms with Crippen molar-refractivity contribution in [1.82, 2.24) is 19.9 Å². The van der Waals surface area contributed by atoms with Gasteiger partial charge in [0.05, 0.1) is 26.5 Å². The highest BCUT2D eigenvalue weighted by atomic mass is 19.1. The normalized spacial score (nSPS) is 16.2. The number of carbonyl (C=O) groups excluding carboxylic acids is 1. The Morgan fingerprint density at radius 3 is 2.87 bits per heavy atom. The quantitative estimate of drug-likeness (QED) is 0.581. The average molecular weight is 424 g/mol. The molecule has 2 aromatic carbocycles. The van der Waals surface area contributed by atoms with Gasteiger partial charge in [-0.05, 0) is 31.0 Å². The number of rotatable bonds is 7. The number of carbonyl (C=O) groups is 1. The van der Waals surface area contributed by atoms with E-state index in [0.29, 0.717) is 25.3 Å². The fraction of sp³-hybridized carbons (Fsp3) is 0.348. The lowest BCUT2D eigenvalue weighted by Gasteiger charge is -2.32. The highest BCUT2D eigenvalue weighted by molar-refractivity contribution is 5.92. The highest BCUT2D eigenvalue weighted by Gasteiger charge is 2.26. The van der Waals surface area contributed by atoms with E-state index in [-0.39, 0.29) is 29.9 Å². The maximum atomic E-state index is 13.9. The molecule has 0 bridgehead atoms. The molecule has 2 heterocycles. The summed E-state index contributed by atoms with van der Waals surface area (Å²) in [6, 6.07) is 14.0. The Bertz CT molecular complexity index is 1040. The van der Waals surface area contributed by atoms with Crippen LogP contribution in [0.15, 0.2) is 54.7 Å². The third-order valence-corrected chi connectivity index (χ3v) is 5.38. The minimum absolute atomic E-state index is 0.161. The number of halogens is 1. The number of nitrogens with zero attached hydrogens (tertiary/aromatic N) is 4. The van der Waals surface area contributed by atoms with Gasteiger partial charge in [0.1, 0.15) is 17.3 Å². The maximum Gasteiger partial charge on any atom is 0.276 e. The van der Waals surface area contributed by atoms with E-state index in [1.165, 1.54) is 10.7 Å². The van der Waals surface area contributed by atoms with Crippen molar-refractivity contribution in [3.8, 4) is 11.5 Å². The van der Waals surface area contributed by atoms with E-state index >= 15 is 0 Å². The molecule has 1 aliphatic heterocycles. The molecule has 0 spiro atoms. The molecule has 0 radical (unpaired) electrons. The monoisotopic (exact) mass is 424 g/mol. The first-order chi connectivity index (χ1) is 15.1. The Labute approximate surface area is 180 Å². The first kappa shape index (κ1) is 20.8. The van der Waals surface area contributed by atoms with E-state index < -0.39 is 0 Å². The lowest BCUT2D eigenvalue weighted by molar-refractivity contribution is 0.0627. The highest BCUT2D eigenvalue weighted by Crippen LogP contribution is 2.23. The SMILES string of the molecule is COc1cccc(OC[C@H]2CCCN(C(=O)c3cn(Cc4ccccc4F)nn3)C2)c1. The molecule has 1 amide bonds. The number of hydrogen-bond acceptors (Lipinski definition) is 5. The average Bonchev–Trinajstić information content (AvgIpc) is 3.27. The Morgan fingerprint density at radius 1 is 1.19 bits per heavy atom. The van der Waals surface area contributed by atoms with Crippen molar-refractivity contribution in [2.24, 2.45) is 5.92 Å². The van der Waals surface area contributed by atoms with Crippen LogP contribution in [0.25, 0.3) is 0 Å². The van der Waals surface area contributed by atoms with E-state index in [9.17, 15) is 9.18 Å². The van der Waals surface area contributed by atoms with E-state index in [4.69, 9.17) is 9.47 Å². The number of methoxy groups -OCH3 is 1. The minimum Gasteiger partial charge on any atom is -0.497 e. The third-order valence-electron chi connectivity index (χ3n) is 5.38. The van der Waals surface area contributed by atoms with Gasteiger partial charge in [0.2, 0.25) is 0 Å².